The van der Waals surface area contributed by atoms with Gasteiger partial charge in [-0.15, -0.1) is 0 Å². The van der Waals surface area contributed by atoms with E-state index in [1.807, 2.05) is 46.8 Å². The largest absolute Gasteiger partial charge is 0.459 e. The van der Waals surface area contributed by atoms with Crippen LogP contribution in [-0.4, -0.2) is 56.7 Å². The molecule has 176 valence electrons. The van der Waals surface area contributed by atoms with E-state index in [1.165, 1.54) is 0 Å². The number of aromatic nitrogens is 4. The summed E-state index contributed by atoms with van der Waals surface area (Å²) >= 11 is 0. The monoisotopic (exact) mass is 458 g/mol. The predicted molar refractivity (Wildman–Crippen MR) is 131 cm³/mol. The topological polar surface area (TPSA) is 80.3 Å². The van der Waals surface area contributed by atoms with E-state index in [0.717, 1.165) is 66.3 Å². The predicted octanol–water partition coefficient (Wildman–Crippen LogP) is 4.41. The minimum Gasteiger partial charge on any atom is -0.459 e. The average molecular weight is 459 g/mol. The molecule has 4 aromatic rings. The summed E-state index contributed by atoms with van der Waals surface area (Å²) in [6.07, 6.45) is 5.35. The number of hydrogen-bond acceptors (Lipinski definition) is 6. The summed E-state index contributed by atoms with van der Waals surface area (Å²) in [5.74, 6) is 2.09. The van der Waals surface area contributed by atoms with Crippen molar-refractivity contribution < 1.29 is 9.21 Å². The molecule has 1 aliphatic rings. The van der Waals surface area contributed by atoms with Gasteiger partial charge in [0.15, 0.2) is 11.4 Å². The van der Waals surface area contributed by atoms with E-state index in [1.54, 1.807) is 18.4 Å². The molecule has 0 N–H and O–H groups in total. The van der Waals surface area contributed by atoms with Crippen LogP contribution in [-0.2, 0) is 6.42 Å². The van der Waals surface area contributed by atoms with Crippen molar-refractivity contribution in [3.8, 4) is 5.69 Å². The number of fused-ring (bicyclic) bond motifs is 1. The van der Waals surface area contributed by atoms with E-state index in [9.17, 15) is 4.79 Å². The SMILES string of the molecule is CCCCc1nc(N2CCCN(C(=O)c3ccco3)CC2)c2c(C)nn(-c3ccccc3)c2n1. The number of furan rings is 1. The number of hydrogen-bond donors (Lipinski definition) is 0. The lowest BCUT2D eigenvalue weighted by atomic mass is 10.2. The average Bonchev–Trinajstić information content (AvgIpc) is 3.44. The molecule has 1 saturated heterocycles. The van der Waals surface area contributed by atoms with Crippen molar-refractivity contribution in [2.45, 2.75) is 39.5 Å². The highest BCUT2D eigenvalue weighted by atomic mass is 16.3. The van der Waals surface area contributed by atoms with Crippen molar-refractivity contribution in [3.63, 3.8) is 0 Å². The van der Waals surface area contributed by atoms with E-state index >= 15 is 0 Å². The number of aryl methyl sites for hydroxylation is 2. The highest BCUT2D eigenvalue weighted by Gasteiger charge is 2.26. The summed E-state index contributed by atoms with van der Waals surface area (Å²) in [7, 11) is 0. The van der Waals surface area contributed by atoms with Crippen molar-refractivity contribution in [1.82, 2.24) is 24.6 Å². The van der Waals surface area contributed by atoms with Gasteiger partial charge < -0.3 is 14.2 Å². The van der Waals surface area contributed by atoms with Crippen LogP contribution in [0.15, 0.2) is 53.1 Å². The first kappa shape index (κ1) is 22.1. The van der Waals surface area contributed by atoms with Crippen LogP contribution in [0.1, 0.15) is 48.3 Å². The molecule has 0 aliphatic carbocycles. The molecule has 1 amide bonds. The molecule has 0 saturated carbocycles. The van der Waals surface area contributed by atoms with Gasteiger partial charge in [0.05, 0.1) is 23.0 Å². The number of rotatable bonds is 6. The first-order valence-corrected chi connectivity index (χ1v) is 12.0. The number of para-hydroxylation sites is 1. The highest BCUT2D eigenvalue weighted by Crippen LogP contribution is 2.30. The number of nitrogens with zero attached hydrogens (tertiary/aromatic N) is 6. The zero-order valence-corrected chi connectivity index (χ0v) is 19.8. The molecule has 0 bridgehead atoms. The summed E-state index contributed by atoms with van der Waals surface area (Å²) in [6, 6.07) is 13.6. The molecule has 1 fully saturated rings. The number of carbonyl (C=O) groups excluding carboxylic acids is 1. The fourth-order valence-corrected chi connectivity index (χ4v) is 4.52. The lowest BCUT2D eigenvalue weighted by molar-refractivity contribution is 0.0735. The van der Waals surface area contributed by atoms with Gasteiger partial charge in [0.1, 0.15) is 11.6 Å². The molecular formula is C26H30N6O2. The van der Waals surface area contributed by atoms with Gasteiger partial charge in [-0.3, -0.25) is 4.79 Å². The standard InChI is InChI=1S/C26H30N6O2/c1-3-4-13-22-27-24(23-19(2)29-32(25(23)28-22)20-10-6-5-7-11-20)30-14-9-15-31(17-16-30)26(33)21-12-8-18-34-21/h5-8,10-12,18H,3-4,9,13-17H2,1-2H3. The van der Waals surface area contributed by atoms with Crippen LogP contribution in [0.2, 0.25) is 0 Å². The second-order valence-electron chi connectivity index (χ2n) is 8.71. The zero-order valence-electron chi connectivity index (χ0n) is 19.8. The lowest BCUT2D eigenvalue weighted by Gasteiger charge is -2.23. The van der Waals surface area contributed by atoms with Crippen molar-refractivity contribution in [1.29, 1.82) is 0 Å². The fraction of sp³-hybridized carbons (Fsp3) is 0.385. The Kier molecular flexibility index (Phi) is 6.29. The Morgan fingerprint density at radius 2 is 1.88 bits per heavy atom. The summed E-state index contributed by atoms with van der Waals surface area (Å²) in [4.78, 5) is 27.0. The molecule has 1 aliphatic heterocycles. The van der Waals surface area contributed by atoms with Crippen LogP contribution in [0.5, 0.6) is 0 Å². The van der Waals surface area contributed by atoms with Crippen LogP contribution < -0.4 is 4.90 Å². The minimum absolute atomic E-state index is 0.0589. The molecular weight excluding hydrogens is 428 g/mol. The Morgan fingerprint density at radius 3 is 2.65 bits per heavy atom. The van der Waals surface area contributed by atoms with Gasteiger partial charge in [0, 0.05) is 32.6 Å². The quantitative estimate of drug-likeness (QED) is 0.426. The molecule has 1 aromatic carbocycles. The fourth-order valence-electron chi connectivity index (χ4n) is 4.52. The smallest absolute Gasteiger partial charge is 0.289 e. The Labute approximate surface area is 199 Å². The summed E-state index contributed by atoms with van der Waals surface area (Å²) < 4.78 is 7.26. The molecule has 0 atom stereocenters. The molecule has 4 heterocycles. The maximum atomic E-state index is 12.8. The van der Waals surface area contributed by atoms with Gasteiger partial charge in [0.2, 0.25) is 0 Å². The van der Waals surface area contributed by atoms with Crippen molar-refractivity contribution in [3.05, 3.63) is 66.0 Å². The molecule has 8 heteroatoms. The second kappa shape index (κ2) is 9.67. The number of amides is 1. The zero-order chi connectivity index (χ0) is 23.5. The van der Waals surface area contributed by atoms with E-state index < -0.39 is 0 Å². The van der Waals surface area contributed by atoms with E-state index in [4.69, 9.17) is 19.5 Å². The highest BCUT2D eigenvalue weighted by molar-refractivity contribution is 5.92. The number of unbranched alkanes of at least 4 members (excludes halogenated alkanes) is 1. The van der Waals surface area contributed by atoms with Crippen molar-refractivity contribution in [2.24, 2.45) is 0 Å². The minimum atomic E-state index is -0.0589. The third kappa shape index (κ3) is 4.27. The summed E-state index contributed by atoms with van der Waals surface area (Å²) in [5, 5.41) is 5.83. The van der Waals surface area contributed by atoms with E-state index in [2.05, 4.69) is 11.8 Å². The Hall–Kier alpha value is -3.68. The van der Waals surface area contributed by atoms with Crippen LogP contribution in [0.25, 0.3) is 16.7 Å². The van der Waals surface area contributed by atoms with Crippen molar-refractivity contribution in [2.75, 3.05) is 31.1 Å². The Morgan fingerprint density at radius 1 is 1.03 bits per heavy atom. The summed E-state index contributed by atoms with van der Waals surface area (Å²) in [6.45, 7) is 7.01. The molecule has 5 rings (SSSR count). The normalized spacial score (nSPS) is 14.5. The number of benzene rings is 1. The van der Waals surface area contributed by atoms with Gasteiger partial charge in [-0.05, 0) is 44.0 Å². The van der Waals surface area contributed by atoms with E-state index in [-0.39, 0.29) is 5.91 Å². The molecule has 0 radical (unpaired) electrons. The van der Waals surface area contributed by atoms with Gasteiger partial charge in [-0.2, -0.15) is 5.10 Å². The molecule has 8 nitrogen and oxygen atoms in total. The number of anilines is 1. The first-order valence-electron chi connectivity index (χ1n) is 12.0. The maximum Gasteiger partial charge on any atom is 0.289 e. The van der Waals surface area contributed by atoms with Crippen molar-refractivity contribution >= 4 is 22.8 Å². The third-order valence-corrected chi connectivity index (χ3v) is 6.30. The molecule has 3 aromatic heterocycles. The van der Waals surface area contributed by atoms with Gasteiger partial charge in [-0.1, -0.05) is 31.5 Å². The Balaban J connectivity index is 1.52. The second-order valence-corrected chi connectivity index (χ2v) is 8.71. The van der Waals surface area contributed by atoms with Crippen LogP contribution in [0.3, 0.4) is 0 Å². The lowest BCUT2D eigenvalue weighted by Crippen LogP contribution is -2.35. The third-order valence-electron chi connectivity index (χ3n) is 6.30. The first-order chi connectivity index (χ1) is 16.7. The number of carbonyl (C=O) groups is 1. The van der Waals surface area contributed by atoms with Crippen LogP contribution in [0, 0.1) is 6.92 Å². The summed E-state index contributed by atoms with van der Waals surface area (Å²) in [5.41, 5.74) is 2.73. The molecule has 34 heavy (non-hydrogen) atoms. The van der Waals surface area contributed by atoms with Crippen LogP contribution >= 0.6 is 0 Å². The van der Waals surface area contributed by atoms with Gasteiger partial charge >= 0.3 is 0 Å². The van der Waals surface area contributed by atoms with E-state index in [0.29, 0.717) is 25.4 Å². The maximum absolute atomic E-state index is 12.8. The van der Waals surface area contributed by atoms with Gasteiger partial charge in [-0.25, -0.2) is 14.6 Å². The molecule has 0 spiro atoms. The van der Waals surface area contributed by atoms with Crippen LogP contribution in [0.4, 0.5) is 5.82 Å². The molecule has 0 unspecified atom stereocenters. The van der Waals surface area contributed by atoms with Gasteiger partial charge in [0.25, 0.3) is 5.91 Å². The Bertz CT molecular complexity index is 1270.